The van der Waals surface area contributed by atoms with Gasteiger partial charge >= 0.3 is 0 Å². The van der Waals surface area contributed by atoms with Crippen molar-refractivity contribution >= 4 is 34.0 Å². The van der Waals surface area contributed by atoms with Crippen LogP contribution >= 0.6 is 22.9 Å². The Morgan fingerprint density at radius 2 is 2.25 bits per heavy atom. The van der Waals surface area contributed by atoms with Crippen LogP contribution in [0.2, 0.25) is 0 Å². The molecule has 3 aromatic rings. The summed E-state index contributed by atoms with van der Waals surface area (Å²) in [7, 11) is 0. The summed E-state index contributed by atoms with van der Waals surface area (Å²) in [5.74, 6) is 1.10. The van der Waals surface area contributed by atoms with Crippen molar-refractivity contribution in [3.05, 3.63) is 45.9 Å². The molecule has 0 atom stereocenters. The number of halogens is 2. The second-order valence-corrected chi connectivity index (χ2v) is 6.23. The van der Waals surface area contributed by atoms with E-state index in [0.717, 1.165) is 21.2 Å². The highest BCUT2D eigenvalue weighted by atomic mass is 35.5. The van der Waals surface area contributed by atoms with Crippen LogP contribution < -0.4 is 0 Å². The average molecular weight is 310 g/mol. The number of benzene rings is 1. The number of alkyl halides is 1. The molecule has 3 rings (SSSR count). The van der Waals surface area contributed by atoms with Crippen LogP contribution in [0.4, 0.5) is 4.39 Å². The van der Waals surface area contributed by atoms with E-state index in [1.807, 2.05) is 13.1 Å². The smallest absolute Gasteiger partial charge is 0.125 e. The number of fused-ring (bicyclic) bond motifs is 1. The molecule has 2 heterocycles. The summed E-state index contributed by atoms with van der Waals surface area (Å²) in [5.41, 5.74) is 1.60. The maximum absolute atomic E-state index is 13.3. The number of rotatable bonds is 4. The molecule has 6 heteroatoms. The van der Waals surface area contributed by atoms with Crippen LogP contribution in [0.1, 0.15) is 15.7 Å². The highest BCUT2D eigenvalue weighted by Gasteiger charge is 2.12. The molecule has 0 saturated carbocycles. The number of aromatic nitrogens is 3. The molecule has 0 radical (unpaired) electrons. The van der Waals surface area contributed by atoms with E-state index in [9.17, 15) is 4.39 Å². The van der Waals surface area contributed by atoms with Gasteiger partial charge in [-0.2, -0.15) is 0 Å². The second-order valence-electron chi connectivity index (χ2n) is 4.53. The lowest BCUT2D eigenvalue weighted by atomic mass is 10.3. The molecule has 0 spiro atoms. The monoisotopic (exact) mass is 309 g/mol. The summed E-state index contributed by atoms with van der Waals surface area (Å²) in [6, 6.07) is 4.69. The van der Waals surface area contributed by atoms with Crippen molar-refractivity contribution in [3.8, 4) is 0 Å². The fraction of sp³-hybridized carbons (Fsp3) is 0.286. The molecule has 104 valence electrons. The van der Waals surface area contributed by atoms with Gasteiger partial charge < -0.3 is 4.57 Å². The number of aryl methyl sites for hydroxylation is 2. The van der Waals surface area contributed by atoms with E-state index in [4.69, 9.17) is 11.6 Å². The van der Waals surface area contributed by atoms with E-state index in [0.29, 0.717) is 24.4 Å². The number of thiazole rings is 1. The maximum atomic E-state index is 13.3. The van der Waals surface area contributed by atoms with Crippen molar-refractivity contribution < 1.29 is 4.39 Å². The lowest BCUT2D eigenvalue weighted by Crippen LogP contribution is -2.05. The van der Waals surface area contributed by atoms with Crippen LogP contribution in [0.5, 0.6) is 0 Å². The molecule has 0 unspecified atom stereocenters. The van der Waals surface area contributed by atoms with Gasteiger partial charge in [-0.3, -0.25) is 0 Å². The van der Waals surface area contributed by atoms with Crippen molar-refractivity contribution in [3.63, 3.8) is 0 Å². The normalized spacial score (nSPS) is 11.3. The Kier molecular flexibility index (Phi) is 3.72. The number of imidazole rings is 1. The number of hydrogen-bond acceptors (Lipinski definition) is 3. The lowest BCUT2D eigenvalue weighted by Gasteiger charge is -2.06. The first-order chi connectivity index (χ1) is 9.67. The quantitative estimate of drug-likeness (QED) is 0.687. The van der Waals surface area contributed by atoms with Crippen molar-refractivity contribution in [2.24, 2.45) is 0 Å². The van der Waals surface area contributed by atoms with Gasteiger partial charge in [0.1, 0.15) is 11.6 Å². The molecule has 0 saturated heterocycles. The van der Waals surface area contributed by atoms with E-state index in [1.54, 1.807) is 17.4 Å². The standard InChI is InChI=1S/C14H13ClFN3S/c1-9-17-7-11(20-9)8-19-13-3-2-10(16)6-12(13)18-14(19)4-5-15/h2-3,6-7H,4-5,8H2,1H3. The molecule has 3 nitrogen and oxygen atoms in total. The predicted octanol–water partition coefficient (Wildman–Crippen LogP) is 3.77. The zero-order chi connectivity index (χ0) is 14.1. The zero-order valence-corrected chi connectivity index (χ0v) is 12.5. The third kappa shape index (κ3) is 2.55. The molecule has 0 bridgehead atoms. The summed E-state index contributed by atoms with van der Waals surface area (Å²) in [6.07, 6.45) is 2.54. The Balaban J connectivity index is 2.08. The van der Waals surface area contributed by atoms with Gasteiger partial charge in [-0.25, -0.2) is 14.4 Å². The molecule has 0 N–H and O–H groups in total. The van der Waals surface area contributed by atoms with Crippen molar-refractivity contribution in [1.82, 2.24) is 14.5 Å². The van der Waals surface area contributed by atoms with Crippen molar-refractivity contribution in [2.45, 2.75) is 19.9 Å². The summed E-state index contributed by atoms with van der Waals surface area (Å²) >= 11 is 7.49. The Bertz CT molecular complexity index is 750. The molecule has 0 aliphatic rings. The van der Waals surface area contributed by atoms with Crippen LogP contribution in [0, 0.1) is 12.7 Å². The van der Waals surface area contributed by atoms with Gasteiger partial charge in [0.05, 0.1) is 22.6 Å². The Morgan fingerprint density at radius 3 is 2.95 bits per heavy atom. The minimum atomic E-state index is -0.270. The van der Waals surface area contributed by atoms with Crippen molar-refractivity contribution in [2.75, 3.05) is 5.88 Å². The van der Waals surface area contributed by atoms with Gasteiger partial charge in [-0.15, -0.1) is 22.9 Å². The van der Waals surface area contributed by atoms with E-state index in [1.165, 1.54) is 12.1 Å². The topological polar surface area (TPSA) is 30.7 Å². The highest BCUT2D eigenvalue weighted by molar-refractivity contribution is 7.11. The Labute approximate surface area is 125 Å². The molecule has 0 amide bonds. The first kappa shape index (κ1) is 13.5. The van der Waals surface area contributed by atoms with Crippen LogP contribution in [0.25, 0.3) is 11.0 Å². The summed E-state index contributed by atoms with van der Waals surface area (Å²) in [5, 5.41) is 1.04. The van der Waals surface area contributed by atoms with Crippen LogP contribution in [0.15, 0.2) is 24.4 Å². The highest BCUT2D eigenvalue weighted by Crippen LogP contribution is 2.22. The molecule has 1 aromatic carbocycles. The minimum Gasteiger partial charge on any atom is -0.323 e. The first-order valence-corrected chi connectivity index (χ1v) is 7.64. The van der Waals surface area contributed by atoms with E-state index >= 15 is 0 Å². The van der Waals surface area contributed by atoms with Gasteiger partial charge in [-0.05, 0) is 19.1 Å². The largest absolute Gasteiger partial charge is 0.323 e. The van der Waals surface area contributed by atoms with Gasteiger partial charge in [0.25, 0.3) is 0 Å². The van der Waals surface area contributed by atoms with Crippen LogP contribution in [-0.4, -0.2) is 20.4 Å². The Hall–Kier alpha value is -1.46. The minimum absolute atomic E-state index is 0.270. The predicted molar refractivity (Wildman–Crippen MR) is 80.1 cm³/mol. The molecule has 0 aliphatic carbocycles. The third-order valence-corrected chi connectivity index (χ3v) is 4.18. The van der Waals surface area contributed by atoms with Crippen LogP contribution in [-0.2, 0) is 13.0 Å². The van der Waals surface area contributed by atoms with E-state index in [-0.39, 0.29) is 5.82 Å². The SMILES string of the molecule is Cc1ncc(Cn2c(CCCl)nc3cc(F)ccc32)s1. The molecular weight excluding hydrogens is 297 g/mol. The fourth-order valence-corrected chi connectivity index (χ4v) is 3.19. The molecule has 20 heavy (non-hydrogen) atoms. The first-order valence-electron chi connectivity index (χ1n) is 6.29. The number of nitrogens with zero attached hydrogens (tertiary/aromatic N) is 3. The lowest BCUT2D eigenvalue weighted by molar-refractivity contribution is 0.629. The zero-order valence-electron chi connectivity index (χ0n) is 10.9. The van der Waals surface area contributed by atoms with Gasteiger partial charge in [0, 0.05) is 29.4 Å². The van der Waals surface area contributed by atoms with E-state index in [2.05, 4.69) is 14.5 Å². The molecular formula is C14H13ClFN3S. The van der Waals surface area contributed by atoms with Gasteiger partial charge in [-0.1, -0.05) is 0 Å². The molecule has 0 aliphatic heterocycles. The van der Waals surface area contributed by atoms with Crippen molar-refractivity contribution in [1.29, 1.82) is 0 Å². The second kappa shape index (κ2) is 5.50. The summed E-state index contributed by atoms with van der Waals surface area (Å²) in [6.45, 7) is 2.68. The number of hydrogen-bond donors (Lipinski definition) is 0. The molecule has 2 aromatic heterocycles. The fourth-order valence-electron chi connectivity index (χ4n) is 2.24. The Morgan fingerprint density at radius 1 is 1.40 bits per heavy atom. The van der Waals surface area contributed by atoms with Gasteiger partial charge in [0.2, 0.25) is 0 Å². The third-order valence-electron chi connectivity index (χ3n) is 3.09. The van der Waals surface area contributed by atoms with Gasteiger partial charge in [0.15, 0.2) is 0 Å². The van der Waals surface area contributed by atoms with E-state index < -0.39 is 0 Å². The molecule has 0 fully saturated rings. The maximum Gasteiger partial charge on any atom is 0.125 e. The van der Waals surface area contributed by atoms with Crippen LogP contribution in [0.3, 0.4) is 0 Å². The summed E-state index contributed by atoms with van der Waals surface area (Å²) in [4.78, 5) is 9.91. The summed E-state index contributed by atoms with van der Waals surface area (Å²) < 4.78 is 15.4. The average Bonchev–Trinajstić information content (AvgIpc) is 2.95.